The zero-order valence-corrected chi connectivity index (χ0v) is 14.7. The summed E-state index contributed by atoms with van der Waals surface area (Å²) in [5.74, 6) is 0.700. The lowest BCUT2D eigenvalue weighted by Crippen LogP contribution is -2.32. The average molecular weight is 339 g/mol. The highest BCUT2D eigenvalue weighted by Gasteiger charge is 2.30. The van der Waals surface area contributed by atoms with Crippen LogP contribution in [0.5, 0.6) is 0 Å². The smallest absolute Gasteiger partial charge is 0.272 e. The van der Waals surface area contributed by atoms with Gasteiger partial charge >= 0.3 is 0 Å². The fraction of sp³-hybridized carbons (Fsp3) is 0.526. The minimum atomic E-state index is -0.0482. The van der Waals surface area contributed by atoms with Crippen LogP contribution in [0.4, 0.5) is 0 Å². The van der Waals surface area contributed by atoms with Gasteiger partial charge in [0.1, 0.15) is 0 Å². The highest BCUT2D eigenvalue weighted by atomic mass is 16.1. The van der Waals surface area contributed by atoms with Crippen LogP contribution in [0.3, 0.4) is 0 Å². The summed E-state index contributed by atoms with van der Waals surface area (Å²) in [6, 6.07) is 6.01. The molecule has 4 rings (SSSR count). The van der Waals surface area contributed by atoms with Crippen molar-refractivity contribution >= 4 is 5.91 Å². The number of hydrogen-bond donors (Lipinski definition) is 1. The van der Waals surface area contributed by atoms with Crippen LogP contribution < -0.4 is 5.32 Å². The topological polar surface area (TPSA) is 63.1 Å². The number of hydrogen-bond acceptors (Lipinski definition) is 4. The maximum atomic E-state index is 12.5. The van der Waals surface area contributed by atoms with E-state index in [2.05, 4.69) is 25.9 Å². The van der Waals surface area contributed by atoms with Gasteiger partial charge in [0, 0.05) is 56.6 Å². The Morgan fingerprint density at radius 2 is 2.24 bits per heavy atom. The first-order valence-corrected chi connectivity index (χ1v) is 9.23. The van der Waals surface area contributed by atoms with Gasteiger partial charge in [0.2, 0.25) is 0 Å². The predicted octanol–water partition coefficient (Wildman–Crippen LogP) is 2.00. The molecule has 0 unspecified atom stereocenters. The predicted molar refractivity (Wildman–Crippen MR) is 95.0 cm³/mol. The molecule has 2 aliphatic rings. The summed E-state index contributed by atoms with van der Waals surface area (Å²) in [5.41, 5.74) is 4.04. The van der Waals surface area contributed by atoms with Gasteiger partial charge in [0.05, 0.1) is 5.69 Å². The van der Waals surface area contributed by atoms with Gasteiger partial charge in [0.15, 0.2) is 5.69 Å². The lowest BCUT2D eigenvalue weighted by molar-refractivity contribution is 0.0947. The van der Waals surface area contributed by atoms with Gasteiger partial charge in [0.25, 0.3) is 5.91 Å². The lowest BCUT2D eigenvalue weighted by Gasteiger charge is -2.27. The minimum absolute atomic E-state index is 0.0482. The van der Waals surface area contributed by atoms with E-state index in [1.165, 1.54) is 18.5 Å². The molecule has 6 heteroatoms. The maximum absolute atomic E-state index is 12.5. The molecule has 0 atom stereocenters. The monoisotopic (exact) mass is 339 g/mol. The van der Waals surface area contributed by atoms with Crippen LogP contribution >= 0.6 is 0 Å². The van der Waals surface area contributed by atoms with Gasteiger partial charge in [-0.15, -0.1) is 0 Å². The standard InChI is InChI=1S/C19H25N5O/c1-2-20-19(25)18-16-13-23(12-15-5-3-4-9-21-15)10-8-17(16)24(22-18)11-14-6-7-14/h3-5,9,14H,2,6-8,10-13H2,1H3,(H,20,25). The van der Waals surface area contributed by atoms with E-state index >= 15 is 0 Å². The van der Waals surface area contributed by atoms with Crippen LogP contribution in [0.2, 0.25) is 0 Å². The van der Waals surface area contributed by atoms with Gasteiger partial charge in [-0.2, -0.15) is 5.10 Å². The fourth-order valence-corrected chi connectivity index (χ4v) is 3.53. The molecule has 132 valence electrons. The average Bonchev–Trinajstić information content (AvgIpc) is 3.37. The summed E-state index contributed by atoms with van der Waals surface area (Å²) in [6.07, 6.45) is 5.35. The summed E-state index contributed by atoms with van der Waals surface area (Å²) < 4.78 is 2.11. The van der Waals surface area contributed by atoms with Crippen molar-refractivity contribution in [2.24, 2.45) is 5.92 Å². The third-order valence-corrected chi connectivity index (χ3v) is 5.01. The molecule has 3 heterocycles. The number of amides is 1. The molecule has 2 aromatic heterocycles. The van der Waals surface area contributed by atoms with Crippen molar-refractivity contribution in [1.82, 2.24) is 25.0 Å². The van der Waals surface area contributed by atoms with E-state index in [1.807, 2.05) is 25.3 Å². The first-order valence-electron chi connectivity index (χ1n) is 9.23. The zero-order chi connectivity index (χ0) is 17.2. The molecular formula is C19H25N5O. The third kappa shape index (κ3) is 3.58. The number of aromatic nitrogens is 3. The van der Waals surface area contributed by atoms with E-state index in [4.69, 9.17) is 5.10 Å². The zero-order valence-electron chi connectivity index (χ0n) is 14.7. The SMILES string of the molecule is CCNC(=O)c1nn(CC2CC2)c2c1CN(Cc1ccccn1)CC2. The molecule has 1 aliphatic carbocycles. The second-order valence-electron chi connectivity index (χ2n) is 7.04. The molecular weight excluding hydrogens is 314 g/mol. The summed E-state index contributed by atoms with van der Waals surface area (Å²) in [7, 11) is 0. The Morgan fingerprint density at radius 3 is 2.96 bits per heavy atom. The van der Waals surface area contributed by atoms with Gasteiger partial charge in [-0.1, -0.05) is 6.07 Å². The lowest BCUT2D eigenvalue weighted by atomic mass is 10.0. The van der Waals surface area contributed by atoms with Crippen LogP contribution in [0.15, 0.2) is 24.4 Å². The normalized spacial score (nSPS) is 17.3. The van der Waals surface area contributed by atoms with Gasteiger partial charge in [-0.25, -0.2) is 0 Å². The molecule has 0 aromatic carbocycles. The Labute approximate surface area is 148 Å². The van der Waals surface area contributed by atoms with E-state index in [0.29, 0.717) is 12.2 Å². The summed E-state index contributed by atoms with van der Waals surface area (Å²) in [5, 5.41) is 7.61. The Bertz CT molecular complexity index is 751. The first kappa shape index (κ1) is 16.3. The highest BCUT2D eigenvalue weighted by molar-refractivity contribution is 5.94. The van der Waals surface area contributed by atoms with E-state index in [9.17, 15) is 4.79 Å². The fourth-order valence-electron chi connectivity index (χ4n) is 3.53. The van der Waals surface area contributed by atoms with Gasteiger partial charge < -0.3 is 5.32 Å². The first-order chi connectivity index (χ1) is 12.2. The van der Waals surface area contributed by atoms with Crippen LogP contribution in [-0.4, -0.2) is 38.7 Å². The minimum Gasteiger partial charge on any atom is -0.351 e. The van der Waals surface area contributed by atoms with Crippen molar-refractivity contribution in [3.05, 3.63) is 47.0 Å². The summed E-state index contributed by atoms with van der Waals surface area (Å²) >= 11 is 0. The number of rotatable bonds is 6. The van der Waals surface area contributed by atoms with Gasteiger partial charge in [-0.3, -0.25) is 19.4 Å². The second kappa shape index (κ2) is 6.96. The number of nitrogens with one attached hydrogen (secondary N) is 1. The molecule has 1 aliphatic heterocycles. The van der Waals surface area contributed by atoms with Crippen LogP contribution in [0.25, 0.3) is 0 Å². The Morgan fingerprint density at radius 1 is 1.36 bits per heavy atom. The van der Waals surface area contributed by atoms with Crippen molar-refractivity contribution in [3.8, 4) is 0 Å². The molecule has 1 fully saturated rings. The van der Waals surface area contributed by atoms with Crippen molar-refractivity contribution in [2.75, 3.05) is 13.1 Å². The van der Waals surface area contributed by atoms with E-state index in [-0.39, 0.29) is 5.91 Å². The summed E-state index contributed by atoms with van der Waals surface area (Å²) in [4.78, 5) is 19.3. The molecule has 25 heavy (non-hydrogen) atoms. The molecule has 1 saturated carbocycles. The largest absolute Gasteiger partial charge is 0.351 e. The third-order valence-electron chi connectivity index (χ3n) is 5.01. The van der Waals surface area contributed by atoms with E-state index in [1.54, 1.807) is 0 Å². The quantitative estimate of drug-likeness (QED) is 0.874. The van der Waals surface area contributed by atoms with Crippen LogP contribution in [0, 0.1) is 5.92 Å². The number of carbonyl (C=O) groups is 1. The van der Waals surface area contributed by atoms with Crippen molar-refractivity contribution in [2.45, 2.75) is 45.8 Å². The van der Waals surface area contributed by atoms with Gasteiger partial charge in [-0.05, 0) is 37.8 Å². The summed E-state index contributed by atoms with van der Waals surface area (Å²) in [6.45, 7) is 6.09. The second-order valence-corrected chi connectivity index (χ2v) is 7.04. The van der Waals surface area contributed by atoms with E-state index in [0.717, 1.165) is 49.8 Å². The molecule has 0 bridgehead atoms. The molecule has 0 saturated heterocycles. The molecule has 1 N–H and O–H groups in total. The van der Waals surface area contributed by atoms with Crippen LogP contribution in [0.1, 0.15) is 47.2 Å². The van der Waals surface area contributed by atoms with E-state index < -0.39 is 0 Å². The number of pyridine rings is 1. The molecule has 0 radical (unpaired) electrons. The van der Waals surface area contributed by atoms with Crippen LogP contribution in [-0.2, 0) is 26.1 Å². The van der Waals surface area contributed by atoms with Crippen molar-refractivity contribution in [1.29, 1.82) is 0 Å². The molecule has 6 nitrogen and oxygen atoms in total. The Hall–Kier alpha value is -2.21. The van der Waals surface area contributed by atoms with Crippen molar-refractivity contribution in [3.63, 3.8) is 0 Å². The number of fused-ring (bicyclic) bond motifs is 1. The molecule has 1 amide bonds. The number of carbonyl (C=O) groups excluding carboxylic acids is 1. The number of nitrogens with zero attached hydrogens (tertiary/aromatic N) is 4. The van der Waals surface area contributed by atoms with Crippen molar-refractivity contribution < 1.29 is 4.79 Å². The maximum Gasteiger partial charge on any atom is 0.272 e. The Balaban J connectivity index is 1.58. The Kier molecular flexibility index (Phi) is 4.53. The highest BCUT2D eigenvalue weighted by Crippen LogP contribution is 2.32. The molecule has 2 aromatic rings. The molecule has 0 spiro atoms.